The normalized spacial score (nSPS) is 17.7. The molecule has 0 unspecified atom stereocenters. The molecule has 0 aromatic heterocycles. The average molecular weight is 247 g/mol. The number of rotatable bonds is 3. The number of aliphatic hydroxyl groups is 1. The Morgan fingerprint density at radius 2 is 1.83 bits per heavy atom. The third-order valence-corrected chi connectivity index (χ3v) is 3.71. The summed E-state index contributed by atoms with van der Waals surface area (Å²) in [7, 11) is 1.76. The van der Waals surface area contributed by atoms with E-state index in [4.69, 9.17) is 0 Å². The highest BCUT2D eigenvalue weighted by Crippen LogP contribution is 2.30. The lowest BCUT2D eigenvalue weighted by Crippen LogP contribution is -2.42. The Hall–Kier alpha value is -1.35. The van der Waals surface area contributed by atoms with Gasteiger partial charge in [0.1, 0.15) is 0 Å². The third-order valence-electron chi connectivity index (χ3n) is 3.71. The van der Waals surface area contributed by atoms with Crippen LogP contribution in [0.4, 0.5) is 0 Å². The fourth-order valence-corrected chi connectivity index (χ4v) is 2.62. The Kier molecular flexibility index (Phi) is 3.71. The van der Waals surface area contributed by atoms with Crippen LogP contribution in [0.3, 0.4) is 0 Å². The van der Waals surface area contributed by atoms with Crippen LogP contribution in [0.15, 0.2) is 24.3 Å². The standard InChI is InChI=1S/C15H21NO2/c1-12-5-7-13(8-6-12)14(17)16(2)11-15(18)9-3-4-10-15/h5-8,18H,3-4,9-11H2,1-2H3. The van der Waals surface area contributed by atoms with Crippen LogP contribution in [0, 0.1) is 6.92 Å². The Labute approximate surface area is 108 Å². The molecule has 0 saturated heterocycles. The first kappa shape index (κ1) is 13.1. The van der Waals surface area contributed by atoms with Gasteiger partial charge in [0.25, 0.3) is 5.91 Å². The number of carbonyl (C=O) groups is 1. The van der Waals surface area contributed by atoms with Gasteiger partial charge in [-0.25, -0.2) is 0 Å². The highest BCUT2D eigenvalue weighted by atomic mass is 16.3. The number of aryl methyl sites for hydroxylation is 1. The second-order valence-electron chi connectivity index (χ2n) is 5.46. The molecule has 0 heterocycles. The van der Waals surface area contributed by atoms with Crippen molar-refractivity contribution >= 4 is 5.91 Å². The second-order valence-corrected chi connectivity index (χ2v) is 5.46. The quantitative estimate of drug-likeness (QED) is 0.891. The number of nitrogens with zero attached hydrogens (tertiary/aromatic N) is 1. The van der Waals surface area contributed by atoms with Crippen LogP contribution in [0.25, 0.3) is 0 Å². The van der Waals surface area contributed by atoms with Crippen molar-refractivity contribution in [3.63, 3.8) is 0 Å². The maximum atomic E-state index is 12.2. The van der Waals surface area contributed by atoms with E-state index in [1.165, 1.54) is 0 Å². The SMILES string of the molecule is Cc1ccc(C(=O)N(C)CC2(O)CCCC2)cc1. The molecule has 1 aliphatic rings. The minimum atomic E-state index is -0.672. The molecule has 0 spiro atoms. The van der Waals surface area contributed by atoms with Gasteiger partial charge in [-0.2, -0.15) is 0 Å². The van der Waals surface area contributed by atoms with Gasteiger partial charge in [0.05, 0.1) is 5.60 Å². The molecule has 1 saturated carbocycles. The summed E-state index contributed by atoms with van der Waals surface area (Å²) >= 11 is 0. The Balaban J connectivity index is 2.02. The van der Waals surface area contributed by atoms with E-state index in [0.29, 0.717) is 12.1 Å². The highest BCUT2D eigenvalue weighted by Gasteiger charge is 2.33. The van der Waals surface area contributed by atoms with Crippen molar-refractivity contribution in [2.45, 2.75) is 38.2 Å². The third kappa shape index (κ3) is 2.91. The van der Waals surface area contributed by atoms with Gasteiger partial charge in [-0.3, -0.25) is 4.79 Å². The largest absolute Gasteiger partial charge is 0.388 e. The topological polar surface area (TPSA) is 40.5 Å². The first-order valence-corrected chi connectivity index (χ1v) is 6.55. The van der Waals surface area contributed by atoms with Crippen molar-refractivity contribution in [1.29, 1.82) is 0 Å². The first-order chi connectivity index (χ1) is 8.50. The molecule has 98 valence electrons. The van der Waals surface area contributed by atoms with Crippen LogP contribution >= 0.6 is 0 Å². The average Bonchev–Trinajstić information content (AvgIpc) is 2.76. The van der Waals surface area contributed by atoms with E-state index in [1.807, 2.05) is 31.2 Å². The van der Waals surface area contributed by atoms with E-state index in [2.05, 4.69) is 0 Å². The summed E-state index contributed by atoms with van der Waals surface area (Å²) in [6.07, 6.45) is 3.73. The molecule has 0 aliphatic heterocycles. The van der Waals surface area contributed by atoms with Crippen LogP contribution < -0.4 is 0 Å². The Morgan fingerprint density at radius 1 is 1.28 bits per heavy atom. The smallest absolute Gasteiger partial charge is 0.253 e. The van der Waals surface area contributed by atoms with E-state index in [0.717, 1.165) is 31.2 Å². The molecule has 1 aromatic rings. The molecule has 1 aromatic carbocycles. The van der Waals surface area contributed by atoms with Crippen molar-refractivity contribution < 1.29 is 9.90 Å². The van der Waals surface area contributed by atoms with Crippen LogP contribution in [-0.2, 0) is 0 Å². The molecule has 3 nitrogen and oxygen atoms in total. The molecule has 0 bridgehead atoms. The molecule has 1 aliphatic carbocycles. The number of carbonyl (C=O) groups excluding carboxylic acids is 1. The monoisotopic (exact) mass is 247 g/mol. The molecule has 18 heavy (non-hydrogen) atoms. The molecule has 2 rings (SSSR count). The summed E-state index contributed by atoms with van der Waals surface area (Å²) in [6, 6.07) is 7.55. The van der Waals surface area contributed by atoms with E-state index >= 15 is 0 Å². The molecule has 1 amide bonds. The van der Waals surface area contributed by atoms with Crippen molar-refractivity contribution in [2.75, 3.05) is 13.6 Å². The van der Waals surface area contributed by atoms with Crippen LogP contribution in [0.5, 0.6) is 0 Å². The highest BCUT2D eigenvalue weighted by molar-refractivity contribution is 5.94. The van der Waals surface area contributed by atoms with Gasteiger partial charge in [-0.1, -0.05) is 30.5 Å². The van der Waals surface area contributed by atoms with Crippen molar-refractivity contribution in [2.24, 2.45) is 0 Å². The Bertz CT molecular complexity index is 419. The lowest BCUT2D eigenvalue weighted by atomic mass is 10.0. The lowest BCUT2D eigenvalue weighted by Gasteiger charge is -2.28. The van der Waals surface area contributed by atoms with Gasteiger partial charge in [0.15, 0.2) is 0 Å². The summed E-state index contributed by atoms with van der Waals surface area (Å²) in [5.74, 6) is -0.0182. The number of likely N-dealkylation sites (N-methyl/N-ethyl adjacent to an activating group) is 1. The number of benzene rings is 1. The van der Waals surface area contributed by atoms with Crippen LogP contribution in [-0.4, -0.2) is 35.1 Å². The fraction of sp³-hybridized carbons (Fsp3) is 0.533. The summed E-state index contributed by atoms with van der Waals surface area (Å²) < 4.78 is 0. The lowest BCUT2D eigenvalue weighted by molar-refractivity contribution is 0.0157. The molecule has 1 fully saturated rings. The van der Waals surface area contributed by atoms with Crippen molar-refractivity contribution in [3.8, 4) is 0 Å². The zero-order valence-electron chi connectivity index (χ0n) is 11.1. The molecular formula is C15H21NO2. The number of hydrogen-bond donors (Lipinski definition) is 1. The predicted molar refractivity (Wildman–Crippen MR) is 71.6 cm³/mol. The van der Waals surface area contributed by atoms with E-state index < -0.39 is 5.60 Å². The number of amides is 1. The first-order valence-electron chi connectivity index (χ1n) is 6.55. The maximum absolute atomic E-state index is 12.2. The van der Waals surface area contributed by atoms with E-state index in [-0.39, 0.29) is 5.91 Å². The summed E-state index contributed by atoms with van der Waals surface area (Å²) in [6.45, 7) is 2.43. The summed E-state index contributed by atoms with van der Waals surface area (Å²) in [4.78, 5) is 13.8. The molecule has 3 heteroatoms. The van der Waals surface area contributed by atoms with E-state index in [1.54, 1.807) is 11.9 Å². The van der Waals surface area contributed by atoms with E-state index in [9.17, 15) is 9.90 Å². The molecule has 0 atom stereocenters. The predicted octanol–water partition coefficient (Wildman–Crippen LogP) is 2.37. The minimum absolute atomic E-state index is 0.0182. The number of hydrogen-bond acceptors (Lipinski definition) is 2. The summed E-state index contributed by atoms with van der Waals surface area (Å²) in [5, 5.41) is 10.3. The summed E-state index contributed by atoms with van der Waals surface area (Å²) in [5.41, 5.74) is 1.16. The van der Waals surface area contributed by atoms with Gasteiger partial charge >= 0.3 is 0 Å². The fourth-order valence-electron chi connectivity index (χ4n) is 2.62. The van der Waals surface area contributed by atoms with Crippen molar-refractivity contribution in [1.82, 2.24) is 4.90 Å². The van der Waals surface area contributed by atoms with Crippen LogP contribution in [0.2, 0.25) is 0 Å². The molecular weight excluding hydrogens is 226 g/mol. The minimum Gasteiger partial charge on any atom is -0.388 e. The van der Waals surface area contributed by atoms with Gasteiger partial charge in [-0.15, -0.1) is 0 Å². The van der Waals surface area contributed by atoms with Crippen LogP contribution in [0.1, 0.15) is 41.6 Å². The zero-order chi connectivity index (χ0) is 13.2. The molecule has 1 N–H and O–H groups in total. The van der Waals surface area contributed by atoms with Gasteiger partial charge in [-0.05, 0) is 31.9 Å². The second kappa shape index (κ2) is 5.11. The Morgan fingerprint density at radius 3 is 2.39 bits per heavy atom. The maximum Gasteiger partial charge on any atom is 0.253 e. The van der Waals surface area contributed by atoms with Gasteiger partial charge < -0.3 is 10.0 Å². The van der Waals surface area contributed by atoms with Crippen molar-refractivity contribution in [3.05, 3.63) is 35.4 Å². The molecule has 0 radical (unpaired) electrons. The van der Waals surface area contributed by atoms with Gasteiger partial charge in [0, 0.05) is 19.2 Å². The van der Waals surface area contributed by atoms with Gasteiger partial charge in [0.2, 0.25) is 0 Å². The zero-order valence-corrected chi connectivity index (χ0v) is 11.1.